The van der Waals surface area contributed by atoms with Crippen LogP contribution in [-0.4, -0.2) is 40.9 Å². The van der Waals surface area contributed by atoms with Gasteiger partial charge in [0.15, 0.2) is 0 Å². The predicted molar refractivity (Wildman–Crippen MR) is 142 cm³/mol. The van der Waals surface area contributed by atoms with Gasteiger partial charge in [-0.1, -0.05) is 54.8 Å². The number of aliphatic hydroxyl groups is 1. The molecule has 1 amide bonds. The Morgan fingerprint density at radius 3 is 2.61 bits per heavy atom. The number of ketones is 1. The zero-order valence-electron chi connectivity index (χ0n) is 21.2. The van der Waals surface area contributed by atoms with Crippen LogP contribution in [0.2, 0.25) is 0 Å². The lowest BCUT2D eigenvalue weighted by Gasteiger charge is -2.18. The van der Waals surface area contributed by atoms with Gasteiger partial charge in [0.1, 0.15) is 29.1 Å². The standard InChI is InChI=1S/C29H26N4O4S/c1-19(34)33-26(18-38-28(33)21-10-7-13-30-15-21)27(35)24-16-32(29(36)31(2)3)25-14-22(11-12-23(24)25)37-17-20-8-5-4-6-9-20/h4-16,18,34H,17H2,1-3H3. The molecule has 1 N–H and O–H groups in total. The Labute approximate surface area is 224 Å². The summed E-state index contributed by atoms with van der Waals surface area (Å²) in [5.74, 6) is 0.258. The first kappa shape index (κ1) is 25.2. The van der Waals surface area contributed by atoms with Gasteiger partial charge >= 0.3 is 6.03 Å². The lowest BCUT2D eigenvalue weighted by molar-refractivity contribution is -0.671. The first-order valence-corrected chi connectivity index (χ1v) is 12.8. The average molecular weight is 527 g/mol. The van der Waals surface area contributed by atoms with Crippen LogP contribution in [0.3, 0.4) is 0 Å². The van der Waals surface area contributed by atoms with Crippen LogP contribution < -0.4 is 13.9 Å². The third kappa shape index (κ3) is 4.77. The van der Waals surface area contributed by atoms with Gasteiger partial charge in [-0.2, -0.15) is 0 Å². The van der Waals surface area contributed by atoms with Crippen molar-refractivity contribution in [1.82, 2.24) is 9.88 Å². The Bertz CT molecular complexity index is 1610. The molecule has 0 aliphatic heterocycles. The van der Waals surface area contributed by atoms with Crippen LogP contribution in [0, 0.1) is 6.23 Å². The number of carbonyl (C=O) groups excluding carboxylic acids is 2. The van der Waals surface area contributed by atoms with Gasteiger partial charge in [0.05, 0.1) is 37.3 Å². The average Bonchev–Trinajstić information content (AvgIpc) is 3.54. The van der Waals surface area contributed by atoms with Crippen LogP contribution in [0.25, 0.3) is 21.5 Å². The maximum atomic E-state index is 13.9. The van der Waals surface area contributed by atoms with Gasteiger partial charge in [-0.15, -0.1) is 6.07 Å². The highest BCUT2D eigenvalue weighted by Crippen LogP contribution is 2.28. The van der Waals surface area contributed by atoms with E-state index in [0.717, 1.165) is 11.1 Å². The Hall–Kier alpha value is -4.47. The molecule has 0 saturated heterocycles. The van der Waals surface area contributed by atoms with Crippen molar-refractivity contribution in [3.63, 3.8) is 0 Å². The molecule has 0 saturated carbocycles. The number of rotatable bonds is 7. The summed E-state index contributed by atoms with van der Waals surface area (Å²) >= 11 is 1.33. The Balaban J connectivity index is 1.58. The van der Waals surface area contributed by atoms with Crippen LogP contribution in [0.15, 0.2) is 84.6 Å². The zero-order chi connectivity index (χ0) is 26.8. The number of benzene rings is 2. The van der Waals surface area contributed by atoms with Crippen LogP contribution in [0.5, 0.6) is 5.75 Å². The lowest BCUT2D eigenvalue weighted by atomic mass is 10.1. The van der Waals surface area contributed by atoms with Crippen molar-refractivity contribution in [1.29, 1.82) is 0 Å². The first-order chi connectivity index (χ1) is 18.3. The summed E-state index contributed by atoms with van der Waals surface area (Å²) < 4.78 is 8.95. The smallest absolute Gasteiger partial charge is 0.441 e. The van der Waals surface area contributed by atoms with Gasteiger partial charge < -0.3 is 19.2 Å². The zero-order valence-corrected chi connectivity index (χ0v) is 22.0. The fourth-order valence-electron chi connectivity index (χ4n) is 4.22. The summed E-state index contributed by atoms with van der Waals surface area (Å²) in [6.07, 6.45) is 4.85. The third-order valence-corrected chi connectivity index (χ3v) is 7.03. The van der Waals surface area contributed by atoms with E-state index in [0.29, 0.717) is 33.8 Å². The molecule has 3 aromatic heterocycles. The number of pyridine rings is 1. The van der Waals surface area contributed by atoms with E-state index in [4.69, 9.17) is 4.74 Å². The predicted octanol–water partition coefficient (Wildman–Crippen LogP) is 4.33. The van der Waals surface area contributed by atoms with E-state index in [1.54, 1.807) is 62.3 Å². The molecule has 3 heterocycles. The van der Waals surface area contributed by atoms with Gasteiger partial charge in [-0.3, -0.25) is 9.88 Å². The molecule has 0 radical (unpaired) electrons. The minimum Gasteiger partial charge on any atom is -0.518 e. The largest absolute Gasteiger partial charge is 0.518 e. The molecule has 0 aliphatic rings. The van der Waals surface area contributed by atoms with Crippen LogP contribution in [0.4, 0.5) is 4.79 Å². The summed E-state index contributed by atoms with van der Waals surface area (Å²) in [6, 6.07) is 18.5. The first-order valence-electron chi connectivity index (χ1n) is 11.9. The molecule has 9 heteroatoms. The van der Waals surface area contributed by atoms with E-state index < -0.39 is 0 Å². The maximum absolute atomic E-state index is 13.9. The Morgan fingerprint density at radius 2 is 1.92 bits per heavy atom. The van der Waals surface area contributed by atoms with Crippen LogP contribution in [0.1, 0.15) is 28.5 Å². The summed E-state index contributed by atoms with van der Waals surface area (Å²) in [4.78, 5) is 32.6. The van der Waals surface area contributed by atoms with Gasteiger partial charge in [0, 0.05) is 24.2 Å². The molecule has 8 nitrogen and oxygen atoms in total. The molecule has 0 aliphatic carbocycles. The molecule has 2 aromatic carbocycles. The van der Waals surface area contributed by atoms with E-state index in [1.807, 2.05) is 36.4 Å². The molecule has 38 heavy (non-hydrogen) atoms. The number of hydrogen-bond donors (Lipinski definition) is 1. The van der Waals surface area contributed by atoms with Gasteiger partial charge in [0.25, 0.3) is 5.01 Å². The number of amides is 1. The van der Waals surface area contributed by atoms with Crippen molar-refractivity contribution in [3.8, 4) is 16.3 Å². The SMILES string of the molecule is C[C-](O)[n+]1c(C(=O)c2c[n+](C(=O)N(C)C)[c-]3cc(OCc4ccccc4)ccc23)c[s+][c-]1-c1cccnc1. The quantitative estimate of drug-likeness (QED) is 0.148. The molecule has 0 atom stereocenters. The van der Waals surface area contributed by atoms with Crippen molar-refractivity contribution >= 4 is 34.1 Å². The van der Waals surface area contributed by atoms with E-state index in [-0.39, 0.29) is 23.7 Å². The van der Waals surface area contributed by atoms with Gasteiger partial charge in [0.2, 0.25) is 0 Å². The molecular formula is C29H26N4O4S. The number of aromatic nitrogens is 3. The molecule has 0 spiro atoms. The van der Waals surface area contributed by atoms with Crippen molar-refractivity contribution in [2.75, 3.05) is 14.1 Å². The van der Waals surface area contributed by atoms with Gasteiger partial charge in [-0.25, -0.2) is 9.36 Å². The van der Waals surface area contributed by atoms with Crippen molar-refractivity contribution in [2.45, 2.75) is 13.5 Å². The molecule has 5 aromatic rings. The van der Waals surface area contributed by atoms with E-state index in [1.165, 1.54) is 32.3 Å². The van der Waals surface area contributed by atoms with Crippen LogP contribution in [-0.2, 0) is 6.61 Å². The number of carbonyl (C=O) groups is 2. The summed E-state index contributed by atoms with van der Waals surface area (Å²) in [6.45, 7) is 1.90. The number of aliphatic hydroxyl groups excluding tert-OH is 1. The fourth-order valence-corrected chi connectivity index (χ4v) is 5.25. The highest BCUT2D eigenvalue weighted by molar-refractivity contribution is 7.12. The van der Waals surface area contributed by atoms with Crippen molar-refractivity contribution in [2.24, 2.45) is 0 Å². The normalized spacial score (nSPS) is 10.9. The lowest BCUT2D eigenvalue weighted by Crippen LogP contribution is -2.48. The number of ether oxygens (including phenoxy) is 1. The highest BCUT2D eigenvalue weighted by atomic mass is 32.1. The second-order valence-electron chi connectivity index (χ2n) is 8.92. The van der Waals surface area contributed by atoms with E-state index in [9.17, 15) is 14.7 Å². The minimum absolute atomic E-state index is 0.0434. The van der Waals surface area contributed by atoms with Crippen LogP contribution >= 0.6 is 11.3 Å². The number of thiazole rings is 1. The highest BCUT2D eigenvalue weighted by Gasteiger charge is 2.25. The van der Waals surface area contributed by atoms with Gasteiger partial charge in [-0.05, 0) is 23.3 Å². The monoisotopic (exact) mass is 526 g/mol. The van der Waals surface area contributed by atoms with E-state index >= 15 is 0 Å². The Kier molecular flexibility index (Phi) is 6.95. The van der Waals surface area contributed by atoms with E-state index in [2.05, 4.69) is 4.98 Å². The number of hydrogen-bond acceptors (Lipinski definition) is 5. The molecule has 0 fully saturated rings. The Morgan fingerprint density at radius 1 is 1.13 bits per heavy atom. The minimum atomic E-state index is -0.321. The second-order valence-corrected chi connectivity index (χ2v) is 9.78. The topological polar surface area (TPSA) is 87.5 Å². The second kappa shape index (κ2) is 10.5. The van der Waals surface area contributed by atoms with Crippen molar-refractivity contribution < 1.29 is 28.6 Å². The van der Waals surface area contributed by atoms with Crippen molar-refractivity contribution in [3.05, 3.63) is 108 Å². The summed E-state index contributed by atoms with van der Waals surface area (Å²) in [5.41, 5.74) is 2.97. The number of nitrogens with zero attached hydrogens (tertiary/aromatic N) is 4. The molecule has 5 rings (SSSR count). The molecule has 0 unspecified atom stereocenters. The third-order valence-electron chi connectivity index (χ3n) is 6.05. The fraction of sp³-hybridized carbons (Fsp3) is 0.138. The summed E-state index contributed by atoms with van der Waals surface area (Å²) in [7, 11) is 3.31. The summed E-state index contributed by atoms with van der Waals surface area (Å²) in [5, 5.41) is 13.5. The molecular weight excluding hydrogens is 500 g/mol. The molecule has 0 bridgehead atoms. The maximum Gasteiger partial charge on any atom is 0.441 e. The number of fused-ring (bicyclic) bond motifs is 1. The molecule has 192 valence electrons.